The number of nitrogens with zero attached hydrogens (tertiary/aromatic N) is 1. The van der Waals surface area contributed by atoms with Crippen molar-refractivity contribution < 1.29 is 13.2 Å². The first-order valence-electron chi connectivity index (χ1n) is 7.73. The molecule has 0 saturated heterocycles. The fourth-order valence-corrected chi connectivity index (χ4v) is 2.62. The zero-order chi connectivity index (χ0) is 17.9. The maximum absolute atomic E-state index is 13.0. The molecule has 0 aromatic heterocycles. The normalized spacial score (nSPS) is 11.2. The Kier molecular flexibility index (Phi) is 4.61. The molecule has 3 aromatic rings. The van der Waals surface area contributed by atoms with Crippen molar-refractivity contribution in [2.24, 2.45) is 0 Å². The van der Waals surface area contributed by atoms with Crippen molar-refractivity contribution in [3.63, 3.8) is 0 Å². The summed E-state index contributed by atoms with van der Waals surface area (Å²) in [5.41, 5.74) is 1.87. The predicted octanol–water partition coefficient (Wildman–Crippen LogP) is 6.51. The van der Waals surface area contributed by atoms with Crippen LogP contribution >= 0.6 is 0 Å². The Bertz CT molecular complexity index is 816. The predicted molar refractivity (Wildman–Crippen MR) is 95.5 cm³/mol. The third-order valence-corrected chi connectivity index (χ3v) is 3.82. The van der Waals surface area contributed by atoms with Crippen molar-refractivity contribution in [3.05, 3.63) is 103 Å². The molecule has 0 atom stereocenters. The van der Waals surface area contributed by atoms with Gasteiger partial charge in [-0.2, -0.15) is 13.2 Å². The van der Waals surface area contributed by atoms with Crippen LogP contribution in [-0.4, -0.2) is 0 Å². The van der Waals surface area contributed by atoms with Gasteiger partial charge in [-0.1, -0.05) is 55.1 Å². The molecular formula is C21H16F3N. The maximum atomic E-state index is 13.0. The summed E-state index contributed by atoms with van der Waals surface area (Å²) in [6.07, 6.45) is -4.39. The van der Waals surface area contributed by atoms with Gasteiger partial charge < -0.3 is 4.90 Å². The average molecular weight is 339 g/mol. The van der Waals surface area contributed by atoms with Crippen molar-refractivity contribution >= 4 is 17.1 Å². The lowest BCUT2D eigenvalue weighted by Gasteiger charge is -2.27. The van der Waals surface area contributed by atoms with E-state index in [1.165, 1.54) is 6.07 Å². The summed E-state index contributed by atoms with van der Waals surface area (Å²) in [6.45, 7) is 4.06. The number of alkyl halides is 3. The largest absolute Gasteiger partial charge is 0.416 e. The molecule has 0 aliphatic rings. The molecule has 0 amide bonds. The van der Waals surface area contributed by atoms with Crippen molar-refractivity contribution in [1.29, 1.82) is 0 Å². The number of halogens is 3. The summed E-state index contributed by atoms with van der Waals surface area (Å²) in [6, 6.07) is 24.1. The molecule has 0 unspecified atom stereocenters. The number of benzene rings is 3. The fourth-order valence-electron chi connectivity index (χ4n) is 2.62. The number of para-hydroxylation sites is 2. The monoisotopic (exact) mass is 339 g/mol. The molecule has 3 aromatic carbocycles. The van der Waals surface area contributed by atoms with Crippen LogP contribution < -0.4 is 4.90 Å². The molecule has 0 aliphatic carbocycles. The van der Waals surface area contributed by atoms with Gasteiger partial charge in [0.05, 0.1) is 5.56 Å². The lowest BCUT2D eigenvalue weighted by Crippen LogP contribution is -2.15. The van der Waals surface area contributed by atoms with E-state index in [-0.39, 0.29) is 0 Å². The van der Waals surface area contributed by atoms with E-state index in [2.05, 4.69) is 6.58 Å². The first-order chi connectivity index (χ1) is 12.0. The molecule has 0 radical (unpaired) electrons. The van der Waals surface area contributed by atoms with E-state index in [1.54, 1.807) is 6.07 Å². The summed E-state index contributed by atoms with van der Waals surface area (Å²) in [7, 11) is 0. The summed E-state index contributed by atoms with van der Waals surface area (Å²) in [5.74, 6) is 0. The number of hydrogen-bond donors (Lipinski definition) is 0. The fraction of sp³-hybridized carbons (Fsp3) is 0.0476. The van der Waals surface area contributed by atoms with Crippen LogP contribution in [0, 0.1) is 0 Å². The standard InChI is InChI=1S/C21H16F3N/c1-16(17-9-8-10-18(15-17)21(22,23)24)25(19-11-4-2-5-12-19)20-13-6-3-7-14-20/h2-15H,1H2. The van der Waals surface area contributed by atoms with Crippen LogP contribution in [0.1, 0.15) is 11.1 Å². The van der Waals surface area contributed by atoms with E-state index in [0.717, 1.165) is 23.5 Å². The van der Waals surface area contributed by atoms with Gasteiger partial charge in [-0.25, -0.2) is 0 Å². The van der Waals surface area contributed by atoms with Crippen LogP contribution in [0.2, 0.25) is 0 Å². The van der Waals surface area contributed by atoms with E-state index in [9.17, 15) is 13.2 Å². The van der Waals surface area contributed by atoms with Gasteiger partial charge in [0.1, 0.15) is 0 Å². The molecule has 0 N–H and O–H groups in total. The van der Waals surface area contributed by atoms with Crippen LogP contribution in [0.25, 0.3) is 5.70 Å². The SMILES string of the molecule is C=C(c1cccc(C(F)(F)F)c1)N(c1ccccc1)c1ccccc1. The third-order valence-electron chi connectivity index (χ3n) is 3.82. The Hall–Kier alpha value is -3.01. The van der Waals surface area contributed by atoms with Gasteiger partial charge in [0, 0.05) is 17.1 Å². The molecule has 0 spiro atoms. The second-order valence-electron chi connectivity index (χ2n) is 5.53. The van der Waals surface area contributed by atoms with Crippen LogP contribution in [-0.2, 0) is 6.18 Å². The lowest BCUT2D eigenvalue weighted by molar-refractivity contribution is -0.137. The second-order valence-corrected chi connectivity index (χ2v) is 5.53. The van der Waals surface area contributed by atoms with Crippen LogP contribution in [0.5, 0.6) is 0 Å². The zero-order valence-electron chi connectivity index (χ0n) is 13.4. The molecule has 0 bridgehead atoms. The third kappa shape index (κ3) is 3.74. The van der Waals surface area contributed by atoms with E-state index >= 15 is 0 Å². The Morgan fingerprint density at radius 2 is 1.24 bits per heavy atom. The van der Waals surface area contributed by atoms with Gasteiger partial charge in [-0.05, 0) is 42.0 Å². The Morgan fingerprint density at radius 1 is 0.720 bits per heavy atom. The topological polar surface area (TPSA) is 3.24 Å². The molecule has 0 saturated carbocycles. The highest BCUT2D eigenvalue weighted by Gasteiger charge is 2.30. The Morgan fingerprint density at radius 3 is 1.72 bits per heavy atom. The van der Waals surface area contributed by atoms with E-state index in [0.29, 0.717) is 11.3 Å². The zero-order valence-corrected chi connectivity index (χ0v) is 13.4. The van der Waals surface area contributed by atoms with Crippen molar-refractivity contribution in [3.8, 4) is 0 Å². The molecule has 126 valence electrons. The van der Waals surface area contributed by atoms with E-state index in [4.69, 9.17) is 0 Å². The molecular weight excluding hydrogens is 323 g/mol. The summed E-state index contributed by atoms with van der Waals surface area (Å²) in [4.78, 5) is 1.84. The van der Waals surface area contributed by atoms with Crippen LogP contribution in [0.15, 0.2) is 91.5 Å². The van der Waals surface area contributed by atoms with E-state index < -0.39 is 11.7 Å². The summed E-state index contributed by atoms with van der Waals surface area (Å²) >= 11 is 0. The van der Waals surface area contributed by atoms with Gasteiger partial charge in [0.15, 0.2) is 0 Å². The quantitative estimate of drug-likeness (QED) is 0.523. The van der Waals surface area contributed by atoms with Gasteiger partial charge in [-0.3, -0.25) is 0 Å². The number of anilines is 2. The molecule has 4 heteroatoms. The molecule has 0 aliphatic heterocycles. The highest BCUT2D eigenvalue weighted by molar-refractivity contribution is 5.86. The second kappa shape index (κ2) is 6.85. The van der Waals surface area contributed by atoms with Crippen molar-refractivity contribution in [2.45, 2.75) is 6.18 Å². The number of hydrogen-bond acceptors (Lipinski definition) is 1. The molecule has 1 nitrogen and oxygen atoms in total. The maximum Gasteiger partial charge on any atom is 0.416 e. The van der Waals surface area contributed by atoms with Gasteiger partial charge in [0.2, 0.25) is 0 Å². The summed E-state index contributed by atoms with van der Waals surface area (Å²) < 4.78 is 39.1. The highest BCUT2D eigenvalue weighted by Crippen LogP contribution is 2.36. The smallest absolute Gasteiger partial charge is 0.311 e. The van der Waals surface area contributed by atoms with Crippen molar-refractivity contribution in [1.82, 2.24) is 0 Å². The summed E-state index contributed by atoms with van der Waals surface area (Å²) in [5, 5.41) is 0. The van der Waals surface area contributed by atoms with Crippen LogP contribution in [0.3, 0.4) is 0 Å². The molecule has 0 heterocycles. The van der Waals surface area contributed by atoms with Gasteiger partial charge >= 0.3 is 6.18 Å². The molecule has 25 heavy (non-hydrogen) atoms. The average Bonchev–Trinajstić information content (AvgIpc) is 2.63. The molecule has 0 fully saturated rings. The van der Waals surface area contributed by atoms with Gasteiger partial charge in [-0.15, -0.1) is 0 Å². The van der Waals surface area contributed by atoms with Gasteiger partial charge in [0.25, 0.3) is 0 Å². The van der Waals surface area contributed by atoms with Crippen LogP contribution in [0.4, 0.5) is 24.5 Å². The minimum Gasteiger partial charge on any atom is -0.311 e. The first kappa shape index (κ1) is 16.8. The van der Waals surface area contributed by atoms with E-state index in [1.807, 2.05) is 65.6 Å². The Balaban J connectivity index is 2.07. The minimum atomic E-state index is -4.39. The highest BCUT2D eigenvalue weighted by atomic mass is 19.4. The number of rotatable bonds is 4. The minimum absolute atomic E-state index is 0.419. The van der Waals surface area contributed by atoms with Crippen molar-refractivity contribution in [2.75, 3.05) is 4.90 Å². The first-order valence-corrected chi connectivity index (χ1v) is 7.73. The lowest BCUT2D eigenvalue weighted by atomic mass is 10.1. The molecule has 3 rings (SSSR count). The Labute approximate surface area is 144 Å².